The summed E-state index contributed by atoms with van der Waals surface area (Å²) in [5.74, 6) is -3.02. The predicted octanol–water partition coefficient (Wildman–Crippen LogP) is 3.39. The van der Waals surface area contributed by atoms with Crippen LogP contribution in [0.25, 0.3) is 0 Å². The summed E-state index contributed by atoms with van der Waals surface area (Å²) in [7, 11) is 0. The molecule has 0 saturated heterocycles. The Bertz CT molecular complexity index is 586. The Labute approximate surface area is 130 Å². The van der Waals surface area contributed by atoms with Gasteiger partial charge in [0.05, 0.1) is 5.92 Å². The van der Waals surface area contributed by atoms with E-state index in [2.05, 4.69) is 5.32 Å². The maximum Gasteiger partial charge on any atom is 0.391 e. The Balaban J connectivity index is 1.97. The normalized spacial score (nSPS) is 21.9. The topological polar surface area (TPSA) is 79.5 Å². The van der Waals surface area contributed by atoms with Crippen molar-refractivity contribution in [2.45, 2.75) is 51.2 Å². The van der Waals surface area contributed by atoms with Gasteiger partial charge in [0.25, 0.3) is 5.91 Å². The summed E-state index contributed by atoms with van der Waals surface area (Å²) in [4.78, 5) is 23.1. The van der Waals surface area contributed by atoms with Crippen LogP contribution in [0.5, 0.6) is 0 Å². The lowest BCUT2D eigenvalue weighted by atomic mass is 9.85. The number of carbonyl (C=O) groups excluding carboxylic acids is 1. The lowest BCUT2D eigenvalue weighted by Gasteiger charge is -2.30. The van der Waals surface area contributed by atoms with Crippen LogP contribution in [0.4, 0.5) is 13.2 Å². The molecule has 23 heavy (non-hydrogen) atoms. The van der Waals surface area contributed by atoms with Crippen molar-refractivity contribution in [1.29, 1.82) is 0 Å². The molecule has 1 saturated carbocycles. The molecule has 0 radical (unpaired) electrons. The van der Waals surface area contributed by atoms with Crippen LogP contribution >= 0.6 is 0 Å². The second-order valence-electron chi connectivity index (χ2n) is 5.67. The molecule has 1 aromatic rings. The van der Waals surface area contributed by atoms with E-state index < -0.39 is 24.0 Å². The molecule has 1 aliphatic carbocycles. The zero-order chi connectivity index (χ0) is 17.2. The molecule has 5 nitrogen and oxygen atoms in total. The summed E-state index contributed by atoms with van der Waals surface area (Å²) in [6.45, 7) is 1.70. The Hall–Kier alpha value is -1.99. The van der Waals surface area contributed by atoms with Crippen molar-refractivity contribution in [3.05, 3.63) is 23.2 Å². The lowest BCUT2D eigenvalue weighted by Crippen LogP contribution is -2.39. The van der Waals surface area contributed by atoms with Crippen molar-refractivity contribution in [3.63, 3.8) is 0 Å². The Kier molecular flexibility index (Phi) is 5.01. The van der Waals surface area contributed by atoms with E-state index in [-0.39, 0.29) is 48.8 Å². The third kappa shape index (κ3) is 4.05. The van der Waals surface area contributed by atoms with Gasteiger partial charge in [-0.3, -0.25) is 4.79 Å². The molecule has 0 spiro atoms. The minimum Gasteiger partial charge on any atom is -0.478 e. The van der Waals surface area contributed by atoms with Gasteiger partial charge in [-0.1, -0.05) is 6.92 Å². The van der Waals surface area contributed by atoms with Crippen LogP contribution in [-0.4, -0.2) is 29.2 Å². The number of rotatable bonds is 4. The molecule has 128 valence electrons. The number of carboxylic acids is 1. The first kappa shape index (κ1) is 17.4. The van der Waals surface area contributed by atoms with E-state index in [0.29, 0.717) is 6.42 Å². The number of aryl methyl sites for hydroxylation is 1. The number of furan rings is 1. The highest BCUT2D eigenvalue weighted by Crippen LogP contribution is 2.37. The molecule has 2 rings (SSSR count). The van der Waals surface area contributed by atoms with Gasteiger partial charge < -0.3 is 14.8 Å². The number of halogens is 3. The molecule has 8 heteroatoms. The monoisotopic (exact) mass is 333 g/mol. The van der Waals surface area contributed by atoms with E-state index in [1.807, 2.05) is 0 Å². The van der Waals surface area contributed by atoms with Gasteiger partial charge in [0.1, 0.15) is 11.3 Å². The number of alkyl halides is 3. The number of carboxylic acid groups (broad SMARTS) is 1. The molecule has 0 aromatic carbocycles. The molecule has 1 aromatic heterocycles. The van der Waals surface area contributed by atoms with Gasteiger partial charge in [-0.15, -0.1) is 0 Å². The number of aromatic carboxylic acids is 1. The molecule has 0 unspecified atom stereocenters. The highest BCUT2D eigenvalue weighted by atomic mass is 19.4. The molecule has 0 bridgehead atoms. The highest BCUT2D eigenvalue weighted by molar-refractivity contribution is 5.96. The van der Waals surface area contributed by atoms with Crippen LogP contribution in [-0.2, 0) is 6.42 Å². The molecule has 1 aliphatic rings. The van der Waals surface area contributed by atoms with Gasteiger partial charge in [-0.2, -0.15) is 13.2 Å². The van der Waals surface area contributed by atoms with Crippen molar-refractivity contribution >= 4 is 11.9 Å². The largest absolute Gasteiger partial charge is 0.478 e. The first-order valence-electron chi connectivity index (χ1n) is 7.46. The molecular weight excluding hydrogens is 315 g/mol. The van der Waals surface area contributed by atoms with E-state index >= 15 is 0 Å². The van der Waals surface area contributed by atoms with Gasteiger partial charge in [0, 0.05) is 18.5 Å². The maximum absolute atomic E-state index is 12.6. The predicted molar refractivity (Wildman–Crippen MR) is 74.3 cm³/mol. The van der Waals surface area contributed by atoms with Gasteiger partial charge in [-0.05, 0) is 25.7 Å². The molecule has 0 atom stereocenters. The summed E-state index contributed by atoms with van der Waals surface area (Å²) in [5.41, 5.74) is -0.0709. The number of carbonyl (C=O) groups is 2. The summed E-state index contributed by atoms with van der Waals surface area (Å²) >= 11 is 0. The van der Waals surface area contributed by atoms with Crippen LogP contribution in [0.1, 0.15) is 59.3 Å². The zero-order valence-electron chi connectivity index (χ0n) is 12.6. The second kappa shape index (κ2) is 6.64. The van der Waals surface area contributed by atoms with Crippen molar-refractivity contribution in [2.24, 2.45) is 5.92 Å². The smallest absolute Gasteiger partial charge is 0.391 e. The molecule has 1 amide bonds. The van der Waals surface area contributed by atoms with E-state index in [4.69, 9.17) is 9.52 Å². The van der Waals surface area contributed by atoms with E-state index in [0.717, 1.165) is 6.07 Å². The van der Waals surface area contributed by atoms with E-state index in [1.54, 1.807) is 6.92 Å². The number of hydrogen-bond donors (Lipinski definition) is 2. The average Bonchev–Trinajstić information content (AvgIpc) is 2.91. The van der Waals surface area contributed by atoms with Crippen LogP contribution in [0, 0.1) is 5.92 Å². The quantitative estimate of drug-likeness (QED) is 0.885. The fraction of sp³-hybridized carbons (Fsp3) is 0.600. The van der Waals surface area contributed by atoms with Crippen LogP contribution in [0.2, 0.25) is 0 Å². The van der Waals surface area contributed by atoms with Crippen molar-refractivity contribution in [1.82, 2.24) is 5.32 Å². The molecule has 1 fully saturated rings. The lowest BCUT2D eigenvalue weighted by molar-refractivity contribution is -0.182. The minimum absolute atomic E-state index is 0.0206. The van der Waals surface area contributed by atoms with Gasteiger partial charge in [0.15, 0.2) is 5.76 Å². The first-order chi connectivity index (χ1) is 10.7. The Morgan fingerprint density at radius 3 is 2.35 bits per heavy atom. The summed E-state index contributed by atoms with van der Waals surface area (Å²) in [5, 5.41) is 11.6. The van der Waals surface area contributed by atoms with Crippen LogP contribution in [0.15, 0.2) is 10.5 Å². The first-order valence-corrected chi connectivity index (χ1v) is 7.46. The van der Waals surface area contributed by atoms with E-state index in [9.17, 15) is 22.8 Å². The maximum atomic E-state index is 12.6. The van der Waals surface area contributed by atoms with Gasteiger partial charge >= 0.3 is 12.1 Å². The van der Waals surface area contributed by atoms with Gasteiger partial charge in [-0.25, -0.2) is 4.79 Å². The summed E-state index contributed by atoms with van der Waals surface area (Å²) in [6, 6.07) is 0.794. The fourth-order valence-corrected chi connectivity index (χ4v) is 2.81. The molecular formula is C15H18F3NO4. The number of nitrogens with one attached hydrogen (secondary N) is 1. The highest BCUT2D eigenvalue weighted by Gasteiger charge is 2.41. The fourth-order valence-electron chi connectivity index (χ4n) is 2.81. The standard InChI is InChI=1S/C15H18F3NO4/c1-2-11-10(14(21)22)7-12(23-11)13(20)19-9-5-3-8(4-6-9)15(16,17)18/h7-9H,2-6H2,1H3,(H,19,20)(H,21,22). The third-order valence-corrected chi connectivity index (χ3v) is 4.11. The average molecular weight is 333 g/mol. The number of hydrogen-bond acceptors (Lipinski definition) is 3. The summed E-state index contributed by atoms with van der Waals surface area (Å²) in [6.07, 6.45) is -3.43. The Morgan fingerprint density at radius 1 is 1.30 bits per heavy atom. The number of amides is 1. The van der Waals surface area contributed by atoms with Crippen LogP contribution in [0.3, 0.4) is 0 Å². The van der Waals surface area contributed by atoms with Crippen molar-refractivity contribution in [2.75, 3.05) is 0 Å². The molecule has 2 N–H and O–H groups in total. The molecule has 0 aliphatic heterocycles. The van der Waals surface area contributed by atoms with Gasteiger partial charge in [0.2, 0.25) is 0 Å². The van der Waals surface area contributed by atoms with Crippen molar-refractivity contribution < 1.29 is 32.3 Å². The van der Waals surface area contributed by atoms with E-state index in [1.165, 1.54) is 0 Å². The Morgan fingerprint density at radius 2 is 1.91 bits per heavy atom. The second-order valence-corrected chi connectivity index (χ2v) is 5.67. The van der Waals surface area contributed by atoms with Crippen molar-refractivity contribution in [3.8, 4) is 0 Å². The summed E-state index contributed by atoms with van der Waals surface area (Å²) < 4.78 is 43.0. The zero-order valence-corrected chi connectivity index (χ0v) is 12.6. The third-order valence-electron chi connectivity index (χ3n) is 4.11. The molecule has 1 heterocycles. The SMILES string of the molecule is CCc1oc(C(=O)NC2CCC(C(F)(F)F)CC2)cc1C(=O)O. The van der Waals surface area contributed by atoms with Crippen LogP contribution < -0.4 is 5.32 Å². The minimum atomic E-state index is -4.19.